The Labute approximate surface area is 76.7 Å². The Balaban J connectivity index is 1.89. The summed E-state index contributed by atoms with van der Waals surface area (Å²) in [5.41, 5.74) is 0. The Hall–Kier alpha value is -0.0600. The fourth-order valence-electron chi connectivity index (χ4n) is 1.72. The number of rotatable bonds is 2. The van der Waals surface area contributed by atoms with E-state index < -0.39 is 0 Å². The van der Waals surface area contributed by atoms with Crippen molar-refractivity contribution in [1.29, 1.82) is 0 Å². The highest BCUT2D eigenvalue weighted by Gasteiger charge is 2.30. The summed E-state index contributed by atoms with van der Waals surface area (Å²) in [6.45, 7) is 1.99. The zero-order valence-corrected chi connectivity index (χ0v) is 7.82. The zero-order chi connectivity index (χ0) is 8.39. The van der Waals surface area contributed by atoms with Crippen LogP contribution in [-0.4, -0.2) is 36.0 Å². The molecule has 2 rings (SSSR count). The number of hydrogen-bond donors (Lipinski definition) is 2. The molecule has 0 aromatic carbocycles. The molecule has 2 aliphatic rings. The highest BCUT2D eigenvalue weighted by atomic mass is 32.2. The Morgan fingerprint density at radius 3 is 2.83 bits per heavy atom. The summed E-state index contributed by atoms with van der Waals surface area (Å²) in [5.74, 6) is 1.43. The van der Waals surface area contributed by atoms with Crippen LogP contribution in [0.3, 0.4) is 0 Å². The summed E-state index contributed by atoms with van der Waals surface area (Å²) in [6, 6.07) is 0.132. The third kappa shape index (κ3) is 1.65. The number of hydrogen-bond acceptors (Lipinski definition) is 4. The molecule has 2 atom stereocenters. The van der Waals surface area contributed by atoms with Crippen LogP contribution in [0.5, 0.6) is 0 Å². The van der Waals surface area contributed by atoms with Gasteiger partial charge in [-0.05, 0) is 19.4 Å². The van der Waals surface area contributed by atoms with Gasteiger partial charge in [-0.2, -0.15) is 0 Å². The predicted molar refractivity (Wildman–Crippen MR) is 50.3 cm³/mol. The van der Waals surface area contributed by atoms with E-state index in [1.807, 2.05) is 0 Å². The fraction of sp³-hybridized carbons (Fsp3) is 0.875. The summed E-state index contributed by atoms with van der Waals surface area (Å²) in [5, 5.41) is 6.51. The number of thioether (sulfide) groups is 1. The lowest BCUT2D eigenvalue weighted by Gasteiger charge is -2.13. The standard InChI is InChI=1S/C8H14N2OS/c11-7(6-2-1-3-9-6)8-10-4-5-12-8/h6,8-10H,1-5H2/t6-,8?/m1/s1. The van der Waals surface area contributed by atoms with Crippen molar-refractivity contribution in [3.05, 3.63) is 0 Å². The van der Waals surface area contributed by atoms with E-state index in [0.29, 0.717) is 5.78 Å². The normalized spacial score (nSPS) is 35.7. The first kappa shape index (κ1) is 8.53. The summed E-state index contributed by atoms with van der Waals surface area (Å²) in [4.78, 5) is 11.7. The second kappa shape index (κ2) is 3.77. The summed E-state index contributed by atoms with van der Waals surface area (Å²) in [6.07, 6.45) is 2.17. The number of ketones is 1. The van der Waals surface area contributed by atoms with Crippen LogP contribution < -0.4 is 10.6 Å². The summed E-state index contributed by atoms with van der Waals surface area (Å²) in [7, 11) is 0. The molecule has 12 heavy (non-hydrogen) atoms. The molecule has 0 saturated carbocycles. The molecule has 2 heterocycles. The monoisotopic (exact) mass is 186 g/mol. The molecule has 3 nitrogen and oxygen atoms in total. The first-order valence-electron chi connectivity index (χ1n) is 4.50. The van der Waals surface area contributed by atoms with Crippen molar-refractivity contribution < 1.29 is 4.79 Å². The van der Waals surface area contributed by atoms with E-state index in [4.69, 9.17) is 0 Å². The molecule has 2 N–H and O–H groups in total. The van der Waals surface area contributed by atoms with Gasteiger partial charge in [0.15, 0.2) is 5.78 Å². The minimum Gasteiger partial charge on any atom is -0.307 e. The van der Waals surface area contributed by atoms with Gasteiger partial charge in [0.2, 0.25) is 0 Å². The van der Waals surface area contributed by atoms with Crippen molar-refractivity contribution in [1.82, 2.24) is 10.6 Å². The molecule has 0 bridgehead atoms. The largest absolute Gasteiger partial charge is 0.307 e. The highest BCUT2D eigenvalue weighted by Crippen LogP contribution is 2.18. The van der Waals surface area contributed by atoms with Crippen LogP contribution in [0, 0.1) is 0 Å². The first-order valence-corrected chi connectivity index (χ1v) is 5.55. The molecule has 2 saturated heterocycles. The van der Waals surface area contributed by atoms with Crippen LogP contribution in [0.4, 0.5) is 0 Å². The molecule has 0 aromatic heterocycles. The smallest absolute Gasteiger partial charge is 0.176 e. The van der Waals surface area contributed by atoms with Gasteiger partial charge in [0, 0.05) is 12.3 Å². The molecule has 68 valence electrons. The quantitative estimate of drug-likeness (QED) is 0.635. The average Bonchev–Trinajstić information content (AvgIpc) is 2.77. The second-order valence-electron chi connectivity index (χ2n) is 3.26. The molecule has 0 radical (unpaired) electrons. The third-order valence-electron chi connectivity index (χ3n) is 2.38. The molecule has 4 heteroatoms. The molecule has 2 aliphatic heterocycles. The third-order valence-corrected chi connectivity index (χ3v) is 3.55. The van der Waals surface area contributed by atoms with Crippen LogP contribution >= 0.6 is 11.8 Å². The molecule has 2 fully saturated rings. The lowest BCUT2D eigenvalue weighted by molar-refractivity contribution is -0.120. The Kier molecular flexibility index (Phi) is 2.68. The van der Waals surface area contributed by atoms with E-state index in [1.165, 1.54) is 0 Å². The highest BCUT2D eigenvalue weighted by molar-refractivity contribution is 8.00. The van der Waals surface area contributed by atoms with Gasteiger partial charge in [-0.25, -0.2) is 0 Å². The lowest BCUT2D eigenvalue weighted by atomic mass is 10.1. The molecule has 0 aliphatic carbocycles. The number of Topliss-reactive ketones (excluding diaryl/α,β-unsaturated/α-hetero) is 1. The van der Waals surface area contributed by atoms with Crippen molar-refractivity contribution in [2.45, 2.75) is 24.3 Å². The van der Waals surface area contributed by atoms with Crippen LogP contribution in [0.25, 0.3) is 0 Å². The van der Waals surface area contributed by atoms with E-state index in [0.717, 1.165) is 31.7 Å². The maximum atomic E-state index is 11.7. The predicted octanol–water partition coefficient (Wildman–Crippen LogP) is -0.0300. The topological polar surface area (TPSA) is 41.1 Å². The van der Waals surface area contributed by atoms with Crippen molar-refractivity contribution in [3.8, 4) is 0 Å². The van der Waals surface area contributed by atoms with Gasteiger partial charge >= 0.3 is 0 Å². The number of carbonyl (C=O) groups excluding carboxylic acids is 1. The SMILES string of the molecule is O=C(C1NCCS1)[C@H]1CCCN1. The van der Waals surface area contributed by atoms with Crippen molar-refractivity contribution in [2.24, 2.45) is 0 Å². The molecule has 0 spiro atoms. The van der Waals surface area contributed by atoms with Gasteiger partial charge < -0.3 is 5.32 Å². The fourth-order valence-corrected chi connectivity index (χ4v) is 2.75. The maximum Gasteiger partial charge on any atom is 0.176 e. The van der Waals surface area contributed by atoms with E-state index in [9.17, 15) is 4.79 Å². The summed E-state index contributed by atoms with van der Waals surface area (Å²) < 4.78 is 0. The Bertz CT molecular complexity index is 156. The summed E-state index contributed by atoms with van der Waals surface area (Å²) >= 11 is 1.74. The van der Waals surface area contributed by atoms with E-state index in [2.05, 4.69) is 10.6 Å². The van der Waals surface area contributed by atoms with Gasteiger partial charge in [-0.3, -0.25) is 10.1 Å². The van der Waals surface area contributed by atoms with Gasteiger partial charge in [0.1, 0.15) is 5.37 Å². The van der Waals surface area contributed by atoms with Crippen molar-refractivity contribution >= 4 is 17.5 Å². The van der Waals surface area contributed by atoms with Gasteiger partial charge in [-0.15, -0.1) is 11.8 Å². The van der Waals surface area contributed by atoms with Crippen molar-refractivity contribution in [2.75, 3.05) is 18.8 Å². The van der Waals surface area contributed by atoms with Gasteiger partial charge in [0.05, 0.1) is 6.04 Å². The molecule has 1 unspecified atom stereocenters. The molecular weight excluding hydrogens is 172 g/mol. The van der Waals surface area contributed by atoms with Crippen LogP contribution in [0.2, 0.25) is 0 Å². The second-order valence-corrected chi connectivity index (χ2v) is 4.47. The average molecular weight is 186 g/mol. The Morgan fingerprint density at radius 2 is 2.25 bits per heavy atom. The maximum absolute atomic E-state index is 11.7. The number of nitrogens with one attached hydrogen (secondary N) is 2. The van der Waals surface area contributed by atoms with Crippen molar-refractivity contribution in [3.63, 3.8) is 0 Å². The van der Waals surface area contributed by atoms with E-state index in [-0.39, 0.29) is 11.4 Å². The minimum absolute atomic E-state index is 0.0700. The van der Waals surface area contributed by atoms with Crippen LogP contribution in [0.15, 0.2) is 0 Å². The van der Waals surface area contributed by atoms with E-state index in [1.54, 1.807) is 11.8 Å². The minimum atomic E-state index is 0.0700. The van der Waals surface area contributed by atoms with Crippen LogP contribution in [0.1, 0.15) is 12.8 Å². The molecule has 0 amide bonds. The zero-order valence-electron chi connectivity index (χ0n) is 7.01. The van der Waals surface area contributed by atoms with Gasteiger partial charge in [0.25, 0.3) is 0 Å². The lowest BCUT2D eigenvalue weighted by Crippen LogP contribution is -2.41. The van der Waals surface area contributed by atoms with Crippen LogP contribution in [-0.2, 0) is 4.79 Å². The number of carbonyl (C=O) groups is 1. The molecular formula is C8H14N2OS. The van der Waals surface area contributed by atoms with E-state index >= 15 is 0 Å². The van der Waals surface area contributed by atoms with Gasteiger partial charge in [-0.1, -0.05) is 0 Å². The Morgan fingerprint density at radius 1 is 1.33 bits per heavy atom. The molecule has 0 aromatic rings. The first-order chi connectivity index (χ1) is 5.88.